The Hall–Kier alpha value is -1.32. The highest BCUT2D eigenvalue weighted by molar-refractivity contribution is 9.10. The smallest absolute Gasteiger partial charge is 0.235 e. The minimum atomic E-state index is -0.455. The summed E-state index contributed by atoms with van der Waals surface area (Å²) in [6.45, 7) is 0. The summed E-state index contributed by atoms with van der Waals surface area (Å²) in [4.78, 5) is 15.1. The van der Waals surface area contributed by atoms with Crippen molar-refractivity contribution in [3.63, 3.8) is 0 Å². The molecule has 2 aliphatic carbocycles. The number of ether oxygens (including phenoxy) is 2. The molecule has 0 amide bonds. The highest BCUT2D eigenvalue weighted by Crippen LogP contribution is 2.47. The van der Waals surface area contributed by atoms with Gasteiger partial charge in [-0.2, -0.15) is 4.99 Å². The van der Waals surface area contributed by atoms with Crippen LogP contribution >= 0.6 is 15.9 Å². The maximum absolute atomic E-state index is 10.9. The number of rotatable bonds is 5. The minimum absolute atomic E-state index is 0.263. The molecule has 0 radical (unpaired) electrons. The Morgan fingerprint density at radius 2 is 1.91 bits per heavy atom. The molecule has 0 aromatic heterocycles. The SMILES string of the molecule is COc1cc(C2(N=C=O)CCCC2)cc(Br)c1OC1CCCC1. The number of isocyanates is 1. The van der Waals surface area contributed by atoms with Gasteiger partial charge in [-0.1, -0.05) is 12.8 Å². The van der Waals surface area contributed by atoms with Crippen LogP contribution in [0.5, 0.6) is 11.5 Å². The molecule has 5 heteroatoms. The Morgan fingerprint density at radius 1 is 1.22 bits per heavy atom. The summed E-state index contributed by atoms with van der Waals surface area (Å²) in [5, 5.41) is 0. The van der Waals surface area contributed by atoms with Crippen LogP contribution in [-0.4, -0.2) is 19.3 Å². The van der Waals surface area contributed by atoms with E-state index in [1.165, 1.54) is 12.8 Å². The predicted octanol–water partition coefficient (Wildman–Crippen LogP) is 4.88. The lowest BCUT2D eigenvalue weighted by molar-refractivity contribution is 0.199. The van der Waals surface area contributed by atoms with Crippen LogP contribution in [0, 0.1) is 0 Å². The topological polar surface area (TPSA) is 47.9 Å². The Bertz CT molecular complexity index is 613. The van der Waals surface area contributed by atoms with Crippen molar-refractivity contribution in [2.24, 2.45) is 4.99 Å². The zero-order chi connectivity index (χ0) is 16.3. The zero-order valence-corrected chi connectivity index (χ0v) is 15.0. The molecule has 0 aliphatic heterocycles. The molecule has 1 aromatic rings. The molecule has 3 rings (SSSR count). The van der Waals surface area contributed by atoms with Gasteiger partial charge in [0.25, 0.3) is 0 Å². The van der Waals surface area contributed by atoms with Crippen molar-refractivity contribution in [3.8, 4) is 11.5 Å². The molecule has 124 valence electrons. The monoisotopic (exact) mass is 379 g/mol. The molecule has 0 saturated heterocycles. The molecule has 0 bridgehead atoms. The van der Waals surface area contributed by atoms with Crippen molar-refractivity contribution in [1.29, 1.82) is 0 Å². The number of carbonyl (C=O) groups excluding carboxylic acids is 1. The number of halogens is 1. The van der Waals surface area contributed by atoms with Crippen LogP contribution in [0.2, 0.25) is 0 Å². The molecule has 23 heavy (non-hydrogen) atoms. The van der Waals surface area contributed by atoms with E-state index in [0.29, 0.717) is 5.75 Å². The van der Waals surface area contributed by atoms with Crippen molar-refractivity contribution in [2.45, 2.75) is 63.0 Å². The average molecular weight is 380 g/mol. The second-order valence-electron chi connectivity index (χ2n) is 6.46. The number of benzene rings is 1. The molecule has 2 fully saturated rings. The summed E-state index contributed by atoms with van der Waals surface area (Å²) in [6, 6.07) is 4.00. The van der Waals surface area contributed by atoms with E-state index < -0.39 is 5.54 Å². The van der Waals surface area contributed by atoms with Crippen molar-refractivity contribution in [3.05, 3.63) is 22.2 Å². The van der Waals surface area contributed by atoms with Crippen LogP contribution in [0.3, 0.4) is 0 Å². The molecule has 0 spiro atoms. The summed E-state index contributed by atoms with van der Waals surface area (Å²) in [6.07, 6.45) is 10.6. The van der Waals surface area contributed by atoms with Gasteiger partial charge in [0.1, 0.15) is 0 Å². The third kappa shape index (κ3) is 3.31. The van der Waals surface area contributed by atoms with Gasteiger partial charge in [0.05, 0.1) is 23.2 Å². The fraction of sp³-hybridized carbons (Fsp3) is 0.611. The first-order valence-electron chi connectivity index (χ1n) is 8.32. The summed E-state index contributed by atoms with van der Waals surface area (Å²) in [7, 11) is 1.65. The molecule has 2 saturated carbocycles. The third-order valence-electron chi connectivity index (χ3n) is 5.04. The molecule has 4 nitrogen and oxygen atoms in total. The van der Waals surface area contributed by atoms with E-state index in [-0.39, 0.29) is 6.10 Å². The van der Waals surface area contributed by atoms with Crippen molar-refractivity contribution in [1.82, 2.24) is 0 Å². The van der Waals surface area contributed by atoms with Gasteiger partial charge in [-0.05, 0) is 72.2 Å². The normalized spacial score (nSPS) is 20.3. The van der Waals surface area contributed by atoms with Gasteiger partial charge in [-0.3, -0.25) is 0 Å². The van der Waals surface area contributed by atoms with Crippen LogP contribution < -0.4 is 9.47 Å². The molecule has 0 heterocycles. The van der Waals surface area contributed by atoms with Gasteiger partial charge < -0.3 is 9.47 Å². The first-order valence-corrected chi connectivity index (χ1v) is 9.11. The zero-order valence-electron chi connectivity index (χ0n) is 13.4. The molecular weight excluding hydrogens is 358 g/mol. The molecule has 0 atom stereocenters. The standard InChI is InChI=1S/C18H22BrNO3/c1-22-16-11-13(18(20-12-21)8-4-5-9-18)10-15(19)17(16)23-14-6-2-3-7-14/h10-11,14H,2-9H2,1H3. The maximum Gasteiger partial charge on any atom is 0.235 e. The van der Waals surface area contributed by atoms with E-state index in [4.69, 9.17) is 9.47 Å². The Labute approximate surface area is 145 Å². The van der Waals surface area contributed by atoms with Crippen molar-refractivity contribution < 1.29 is 14.3 Å². The summed E-state index contributed by atoms with van der Waals surface area (Å²) in [5.41, 5.74) is 0.546. The molecule has 2 aliphatic rings. The lowest BCUT2D eigenvalue weighted by Crippen LogP contribution is -2.19. The number of hydrogen-bond donors (Lipinski definition) is 0. The lowest BCUT2D eigenvalue weighted by atomic mass is 9.88. The third-order valence-corrected chi connectivity index (χ3v) is 5.63. The maximum atomic E-state index is 10.9. The van der Waals surface area contributed by atoms with Crippen LogP contribution in [0.4, 0.5) is 0 Å². The lowest BCUT2D eigenvalue weighted by Gasteiger charge is -2.25. The second-order valence-corrected chi connectivity index (χ2v) is 7.31. The van der Waals surface area contributed by atoms with E-state index in [1.54, 1.807) is 13.2 Å². The first kappa shape index (κ1) is 16.5. The van der Waals surface area contributed by atoms with Crippen LogP contribution in [0.1, 0.15) is 56.9 Å². The van der Waals surface area contributed by atoms with Crippen LogP contribution in [0.25, 0.3) is 0 Å². The highest BCUT2D eigenvalue weighted by Gasteiger charge is 2.37. The van der Waals surface area contributed by atoms with Gasteiger partial charge in [0.15, 0.2) is 11.5 Å². The minimum Gasteiger partial charge on any atom is -0.493 e. The van der Waals surface area contributed by atoms with Gasteiger partial charge in [0.2, 0.25) is 6.08 Å². The predicted molar refractivity (Wildman–Crippen MR) is 91.8 cm³/mol. The largest absolute Gasteiger partial charge is 0.493 e. The van der Waals surface area contributed by atoms with Gasteiger partial charge in [-0.25, -0.2) is 4.79 Å². The van der Waals surface area contributed by atoms with Crippen molar-refractivity contribution in [2.75, 3.05) is 7.11 Å². The summed E-state index contributed by atoms with van der Waals surface area (Å²) in [5.74, 6) is 1.46. The van der Waals surface area contributed by atoms with E-state index >= 15 is 0 Å². The average Bonchev–Trinajstić information content (AvgIpc) is 3.21. The van der Waals surface area contributed by atoms with Crippen LogP contribution in [0.15, 0.2) is 21.6 Å². The van der Waals surface area contributed by atoms with Gasteiger partial charge >= 0.3 is 0 Å². The van der Waals surface area contributed by atoms with E-state index in [1.807, 2.05) is 12.1 Å². The van der Waals surface area contributed by atoms with E-state index in [2.05, 4.69) is 20.9 Å². The number of hydrogen-bond acceptors (Lipinski definition) is 4. The van der Waals surface area contributed by atoms with Gasteiger partial charge in [0, 0.05) is 0 Å². The van der Waals surface area contributed by atoms with Gasteiger partial charge in [-0.15, -0.1) is 0 Å². The Kier molecular flexibility index (Phi) is 5.08. The molecule has 0 unspecified atom stereocenters. The number of methoxy groups -OCH3 is 1. The quantitative estimate of drug-likeness (QED) is 0.540. The van der Waals surface area contributed by atoms with Crippen LogP contribution in [-0.2, 0) is 10.3 Å². The second kappa shape index (κ2) is 7.06. The molecule has 0 N–H and O–H groups in total. The first-order chi connectivity index (χ1) is 11.2. The Morgan fingerprint density at radius 3 is 2.52 bits per heavy atom. The van der Waals surface area contributed by atoms with E-state index in [0.717, 1.165) is 54.3 Å². The Balaban J connectivity index is 1.97. The fourth-order valence-electron chi connectivity index (χ4n) is 3.79. The molecular formula is C18H22BrNO3. The summed E-state index contributed by atoms with van der Waals surface area (Å²) < 4.78 is 12.6. The highest BCUT2D eigenvalue weighted by atomic mass is 79.9. The van der Waals surface area contributed by atoms with E-state index in [9.17, 15) is 4.79 Å². The summed E-state index contributed by atoms with van der Waals surface area (Å²) >= 11 is 3.62. The fourth-order valence-corrected chi connectivity index (χ4v) is 4.32. The molecule has 1 aromatic carbocycles. The number of aliphatic imine (C=N–C) groups is 1. The number of nitrogens with zero attached hydrogens (tertiary/aromatic N) is 1. The van der Waals surface area contributed by atoms with Crippen molar-refractivity contribution >= 4 is 22.0 Å².